The van der Waals surface area contributed by atoms with Crippen LogP contribution in [-0.2, 0) is 20.8 Å². The van der Waals surface area contributed by atoms with Gasteiger partial charge in [0.05, 0.1) is 40.1 Å². The Morgan fingerprint density at radius 1 is 1.00 bits per heavy atom. The molecule has 18 heavy (non-hydrogen) atoms. The van der Waals surface area contributed by atoms with Crippen molar-refractivity contribution in [2.45, 2.75) is 6.61 Å². The van der Waals surface area contributed by atoms with E-state index in [1.807, 2.05) is 18.2 Å². The molecule has 0 unspecified atom stereocenters. The predicted octanol–water partition coefficient (Wildman–Crippen LogP) is 2.64. The molecule has 0 aliphatic carbocycles. The van der Waals surface area contributed by atoms with Crippen molar-refractivity contribution in [3.63, 3.8) is 0 Å². The first kappa shape index (κ1) is 15.4. The summed E-state index contributed by atoms with van der Waals surface area (Å²) in [5.41, 5.74) is 1.02. The van der Waals surface area contributed by atoms with E-state index < -0.39 is 0 Å². The van der Waals surface area contributed by atoms with E-state index in [0.717, 1.165) is 15.8 Å². The van der Waals surface area contributed by atoms with Gasteiger partial charge in [0.15, 0.2) is 0 Å². The van der Waals surface area contributed by atoms with Crippen LogP contribution < -0.4 is 4.74 Å². The quantitative estimate of drug-likeness (QED) is 0.656. The van der Waals surface area contributed by atoms with Gasteiger partial charge in [0.1, 0.15) is 5.75 Å². The number of hydrogen-bond acceptors (Lipinski definition) is 4. The van der Waals surface area contributed by atoms with Crippen molar-refractivity contribution in [2.24, 2.45) is 0 Å². The lowest BCUT2D eigenvalue weighted by Gasteiger charge is -2.10. The van der Waals surface area contributed by atoms with Crippen molar-refractivity contribution in [3.05, 3.63) is 28.2 Å². The largest absolute Gasteiger partial charge is 0.496 e. The summed E-state index contributed by atoms with van der Waals surface area (Å²) in [4.78, 5) is 0. The molecule has 0 atom stereocenters. The van der Waals surface area contributed by atoms with Gasteiger partial charge in [0.2, 0.25) is 0 Å². The Hall–Kier alpha value is -0.620. The maximum absolute atomic E-state index is 5.53. The monoisotopic (exact) mass is 318 g/mol. The average molecular weight is 319 g/mol. The minimum absolute atomic E-state index is 0.510. The Kier molecular flexibility index (Phi) is 8.00. The van der Waals surface area contributed by atoms with Crippen LogP contribution in [0.1, 0.15) is 5.56 Å². The van der Waals surface area contributed by atoms with E-state index >= 15 is 0 Å². The lowest BCUT2D eigenvalue weighted by atomic mass is 10.2. The zero-order valence-corrected chi connectivity index (χ0v) is 12.4. The summed E-state index contributed by atoms with van der Waals surface area (Å²) in [7, 11) is 3.31. The maximum Gasteiger partial charge on any atom is 0.124 e. The lowest BCUT2D eigenvalue weighted by molar-refractivity contribution is 0.0196. The molecule has 0 saturated heterocycles. The lowest BCUT2D eigenvalue weighted by Crippen LogP contribution is -2.08. The smallest absolute Gasteiger partial charge is 0.124 e. The minimum Gasteiger partial charge on any atom is -0.496 e. The van der Waals surface area contributed by atoms with E-state index in [1.165, 1.54) is 0 Å². The molecular formula is C13H19BrO4. The predicted molar refractivity (Wildman–Crippen MR) is 73.0 cm³/mol. The maximum atomic E-state index is 5.53. The highest BCUT2D eigenvalue weighted by Crippen LogP contribution is 2.23. The third-order valence-corrected chi connectivity index (χ3v) is 2.80. The zero-order chi connectivity index (χ0) is 13.2. The summed E-state index contributed by atoms with van der Waals surface area (Å²) < 4.78 is 22.0. The van der Waals surface area contributed by atoms with Crippen molar-refractivity contribution in [1.29, 1.82) is 0 Å². The van der Waals surface area contributed by atoms with Crippen LogP contribution >= 0.6 is 15.9 Å². The van der Waals surface area contributed by atoms with Gasteiger partial charge in [0.25, 0.3) is 0 Å². The fourth-order valence-corrected chi connectivity index (χ4v) is 1.81. The number of halogens is 1. The van der Waals surface area contributed by atoms with Crippen molar-refractivity contribution < 1.29 is 18.9 Å². The van der Waals surface area contributed by atoms with Gasteiger partial charge < -0.3 is 18.9 Å². The second kappa shape index (κ2) is 9.33. The highest BCUT2D eigenvalue weighted by atomic mass is 79.9. The molecular weight excluding hydrogens is 300 g/mol. The van der Waals surface area contributed by atoms with Crippen molar-refractivity contribution in [2.75, 3.05) is 40.6 Å². The second-order valence-corrected chi connectivity index (χ2v) is 4.53. The molecule has 0 aliphatic rings. The molecule has 0 N–H and O–H groups in total. The molecule has 0 amide bonds. The first-order chi connectivity index (χ1) is 8.77. The van der Waals surface area contributed by atoms with Crippen molar-refractivity contribution in [3.8, 4) is 5.75 Å². The molecule has 0 heterocycles. The van der Waals surface area contributed by atoms with Gasteiger partial charge in [-0.25, -0.2) is 0 Å². The molecule has 1 aromatic rings. The highest BCUT2D eigenvalue weighted by Gasteiger charge is 2.03. The Labute approximate surface area is 116 Å². The minimum atomic E-state index is 0.510. The highest BCUT2D eigenvalue weighted by molar-refractivity contribution is 9.10. The van der Waals surface area contributed by atoms with E-state index in [1.54, 1.807) is 14.2 Å². The summed E-state index contributed by atoms with van der Waals surface area (Å²) in [6.45, 7) is 2.84. The molecule has 1 rings (SSSR count). The average Bonchev–Trinajstić information content (AvgIpc) is 2.38. The van der Waals surface area contributed by atoms with Crippen LogP contribution in [0.5, 0.6) is 5.75 Å². The van der Waals surface area contributed by atoms with Crippen LogP contribution in [0.2, 0.25) is 0 Å². The first-order valence-electron chi connectivity index (χ1n) is 5.74. The summed E-state index contributed by atoms with van der Waals surface area (Å²) in [6.07, 6.45) is 0. The third-order valence-electron chi connectivity index (χ3n) is 2.30. The number of benzene rings is 1. The van der Waals surface area contributed by atoms with Gasteiger partial charge in [-0.05, 0) is 18.2 Å². The van der Waals surface area contributed by atoms with Crippen LogP contribution in [0.4, 0.5) is 0 Å². The summed E-state index contributed by atoms with van der Waals surface area (Å²) in [5, 5.41) is 0. The van der Waals surface area contributed by atoms with Gasteiger partial charge in [-0.1, -0.05) is 15.9 Å². The zero-order valence-electron chi connectivity index (χ0n) is 10.8. The van der Waals surface area contributed by atoms with Crippen LogP contribution in [0.25, 0.3) is 0 Å². The van der Waals surface area contributed by atoms with Gasteiger partial charge in [-0.15, -0.1) is 0 Å². The van der Waals surface area contributed by atoms with Crippen LogP contribution in [-0.4, -0.2) is 40.6 Å². The fraction of sp³-hybridized carbons (Fsp3) is 0.538. The molecule has 0 aliphatic heterocycles. The number of ether oxygens (including phenoxy) is 4. The molecule has 0 aromatic heterocycles. The Morgan fingerprint density at radius 2 is 1.72 bits per heavy atom. The van der Waals surface area contributed by atoms with E-state index in [9.17, 15) is 0 Å². The molecule has 5 heteroatoms. The Balaban J connectivity index is 2.24. The van der Waals surface area contributed by atoms with Gasteiger partial charge in [0, 0.05) is 17.1 Å². The van der Waals surface area contributed by atoms with E-state index in [-0.39, 0.29) is 0 Å². The van der Waals surface area contributed by atoms with Crippen LogP contribution in [0.15, 0.2) is 22.7 Å². The molecule has 102 valence electrons. The van der Waals surface area contributed by atoms with E-state index in [4.69, 9.17) is 18.9 Å². The van der Waals surface area contributed by atoms with Gasteiger partial charge in [-0.2, -0.15) is 0 Å². The summed E-state index contributed by atoms with van der Waals surface area (Å²) >= 11 is 3.43. The molecule has 0 bridgehead atoms. The van der Waals surface area contributed by atoms with Crippen molar-refractivity contribution >= 4 is 15.9 Å². The van der Waals surface area contributed by atoms with Crippen LogP contribution in [0, 0.1) is 0 Å². The van der Waals surface area contributed by atoms with E-state index in [2.05, 4.69) is 15.9 Å². The molecule has 0 spiro atoms. The Morgan fingerprint density at radius 3 is 2.44 bits per heavy atom. The Bertz CT molecular complexity index is 344. The SMILES string of the molecule is COCCOCCOCc1cc(Br)ccc1OC. The number of rotatable bonds is 9. The van der Waals surface area contributed by atoms with Crippen LogP contribution in [0.3, 0.4) is 0 Å². The molecule has 1 aromatic carbocycles. The summed E-state index contributed by atoms with van der Waals surface area (Å²) in [5.74, 6) is 0.832. The second-order valence-electron chi connectivity index (χ2n) is 3.61. The normalized spacial score (nSPS) is 10.6. The molecule has 0 saturated carbocycles. The number of hydrogen-bond donors (Lipinski definition) is 0. The van der Waals surface area contributed by atoms with E-state index in [0.29, 0.717) is 33.0 Å². The molecule has 0 radical (unpaired) electrons. The van der Waals surface area contributed by atoms with Gasteiger partial charge in [-0.3, -0.25) is 0 Å². The topological polar surface area (TPSA) is 36.9 Å². The number of methoxy groups -OCH3 is 2. The molecule has 0 fully saturated rings. The fourth-order valence-electron chi connectivity index (χ4n) is 1.40. The summed E-state index contributed by atoms with van der Waals surface area (Å²) in [6, 6.07) is 5.85. The molecule has 4 nitrogen and oxygen atoms in total. The standard InChI is InChI=1S/C13H19BrO4/c1-15-5-6-17-7-8-18-10-11-9-12(14)3-4-13(11)16-2/h3-4,9H,5-8,10H2,1-2H3. The van der Waals surface area contributed by atoms with Crippen molar-refractivity contribution in [1.82, 2.24) is 0 Å². The van der Waals surface area contributed by atoms with Gasteiger partial charge >= 0.3 is 0 Å². The third kappa shape index (κ3) is 5.82. The first-order valence-corrected chi connectivity index (χ1v) is 6.54.